The molecule has 0 amide bonds. The Balaban J connectivity index is 1.66. The Hall–Kier alpha value is -0.910. The average molecular weight is 364 g/mol. The maximum atomic E-state index is 5.77. The van der Waals surface area contributed by atoms with Crippen LogP contribution < -0.4 is 5.73 Å². The van der Waals surface area contributed by atoms with Crippen LogP contribution in [-0.2, 0) is 18.6 Å². The Morgan fingerprint density at radius 1 is 1.29 bits per heavy atom. The van der Waals surface area contributed by atoms with Crippen LogP contribution in [0, 0.1) is 5.92 Å². The molecule has 1 unspecified atom stereocenters. The lowest BCUT2D eigenvalue weighted by molar-refractivity contribution is 0.460. The van der Waals surface area contributed by atoms with E-state index in [1.807, 2.05) is 6.20 Å². The van der Waals surface area contributed by atoms with Gasteiger partial charge < -0.3 is 5.73 Å². The molecule has 0 radical (unpaired) electrons. The largest absolute Gasteiger partial charge is 0.330 e. The maximum absolute atomic E-state index is 5.77. The molecule has 3 rings (SSSR count). The van der Waals surface area contributed by atoms with Gasteiger partial charge in [-0.1, -0.05) is 15.9 Å². The van der Waals surface area contributed by atoms with Gasteiger partial charge in [-0.05, 0) is 61.6 Å². The molecule has 1 aromatic carbocycles. The first-order valence-electron chi connectivity index (χ1n) is 7.16. The number of aryl methyl sites for hydroxylation is 1. The predicted octanol–water partition coefficient (Wildman–Crippen LogP) is 3.60. The zero-order valence-corrected chi connectivity index (χ0v) is 14.2. The average Bonchev–Trinajstić information content (AvgIpc) is 2.53. The molecular formula is C16H18BrN3S. The van der Waals surface area contributed by atoms with Crippen molar-refractivity contribution in [3.8, 4) is 0 Å². The molecule has 0 spiro atoms. The highest BCUT2D eigenvalue weighted by atomic mass is 79.9. The third-order valence-corrected chi connectivity index (χ3v) is 5.35. The number of nitrogens with zero attached hydrogens (tertiary/aromatic N) is 2. The highest BCUT2D eigenvalue weighted by Gasteiger charge is 2.19. The number of fused-ring (bicyclic) bond motifs is 1. The molecule has 0 saturated carbocycles. The minimum Gasteiger partial charge on any atom is -0.330 e. The van der Waals surface area contributed by atoms with Gasteiger partial charge in [0.1, 0.15) is 5.82 Å². The highest BCUT2D eigenvalue weighted by Crippen LogP contribution is 2.26. The van der Waals surface area contributed by atoms with Gasteiger partial charge in [0, 0.05) is 21.3 Å². The molecule has 2 N–H and O–H groups in total. The number of benzene rings is 1. The minimum absolute atomic E-state index is 0.601. The lowest BCUT2D eigenvalue weighted by atomic mass is 9.87. The summed E-state index contributed by atoms with van der Waals surface area (Å²) in [6.45, 7) is 0.764. The Morgan fingerprint density at radius 3 is 2.86 bits per heavy atom. The summed E-state index contributed by atoms with van der Waals surface area (Å²) in [6, 6.07) is 8.34. The third-order valence-electron chi connectivity index (χ3n) is 3.82. The van der Waals surface area contributed by atoms with Gasteiger partial charge in [-0.15, -0.1) is 11.8 Å². The molecule has 110 valence electrons. The molecule has 21 heavy (non-hydrogen) atoms. The fourth-order valence-corrected chi connectivity index (χ4v) is 3.60. The fourth-order valence-electron chi connectivity index (χ4n) is 2.57. The Morgan fingerprint density at radius 2 is 2.10 bits per heavy atom. The zero-order chi connectivity index (χ0) is 14.7. The van der Waals surface area contributed by atoms with Gasteiger partial charge in [0.2, 0.25) is 0 Å². The topological polar surface area (TPSA) is 51.8 Å². The van der Waals surface area contributed by atoms with E-state index in [0.29, 0.717) is 5.92 Å². The predicted molar refractivity (Wildman–Crippen MR) is 90.3 cm³/mol. The molecule has 1 heterocycles. The summed E-state index contributed by atoms with van der Waals surface area (Å²) in [5, 5.41) is 0. The minimum atomic E-state index is 0.601. The number of halogens is 1. The van der Waals surface area contributed by atoms with E-state index >= 15 is 0 Å². The first kappa shape index (κ1) is 15.0. The lowest BCUT2D eigenvalue weighted by Gasteiger charge is -2.22. The third kappa shape index (κ3) is 3.84. The van der Waals surface area contributed by atoms with E-state index in [4.69, 9.17) is 10.7 Å². The van der Waals surface area contributed by atoms with Gasteiger partial charge in [0.25, 0.3) is 0 Å². The number of thioether (sulfide) groups is 1. The fraction of sp³-hybridized carbons (Fsp3) is 0.375. The van der Waals surface area contributed by atoms with Crippen molar-refractivity contribution in [1.82, 2.24) is 9.97 Å². The van der Waals surface area contributed by atoms with Crippen LogP contribution in [-0.4, -0.2) is 16.5 Å². The smallest absolute Gasteiger partial charge is 0.138 e. The Bertz CT molecular complexity index is 615. The van der Waals surface area contributed by atoms with Crippen LogP contribution in [0.4, 0.5) is 0 Å². The molecule has 0 bridgehead atoms. The normalized spacial score (nSPS) is 17.5. The van der Waals surface area contributed by atoms with Crippen molar-refractivity contribution in [2.24, 2.45) is 11.7 Å². The van der Waals surface area contributed by atoms with Crippen molar-refractivity contribution in [1.29, 1.82) is 0 Å². The molecule has 1 atom stereocenters. The second-order valence-corrected chi connectivity index (χ2v) is 7.31. The summed E-state index contributed by atoms with van der Waals surface area (Å²) in [6.07, 6.45) is 5.23. The van der Waals surface area contributed by atoms with Gasteiger partial charge >= 0.3 is 0 Å². The molecule has 3 nitrogen and oxygen atoms in total. The number of hydrogen-bond acceptors (Lipinski definition) is 4. The van der Waals surface area contributed by atoms with Crippen LogP contribution in [0.3, 0.4) is 0 Å². The summed E-state index contributed by atoms with van der Waals surface area (Å²) in [5.41, 5.74) is 8.27. The van der Waals surface area contributed by atoms with Crippen molar-refractivity contribution < 1.29 is 0 Å². The van der Waals surface area contributed by atoms with Crippen LogP contribution in [0.5, 0.6) is 0 Å². The number of aromatic nitrogens is 2. The van der Waals surface area contributed by atoms with Crippen LogP contribution in [0.2, 0.25) is 0 Å². The molecule has 5 heteroatoms. The lowest BCUT2D eigenvalue weighted by Crippen LogP contribution is -2.23. The van der Waals surface area contributed by atoms with E-state index < -0.39 is 0 Å². The van der Waals surface area contributed by atoms with E-state index in [9.17, 15) is 0 Å². The van der Waals surface area contributed by atoms with E-state index in [1.165, 1.54) is 16.2 Å². The summed E-state index contributed by atoms with van der Waals surface area (Å²) >= 11 is 5.22. The molecule has 0 fully saturated rings. The second kappa shape index (κ2) is 6.90. The molecule has 0 saturated heterocycles. The SMILES string of the molecule is NCC1CCc2nc(CSc3ccc(Br)cc3)ncc2C1. The monoisotopic (exact) mass is 363 g/mol. The molecule has 1 aromatic heterocycles. The molecule has 2 aromatic rings. The summed E-state index contributed by atoms with van der Waals surface area (Å²) in [5.74, 6) is 2.34. The van der Waals surface area contributed by atoms with E-state index in [1.54, 1.807) is 11.8 Å². The van der Waals surface area contributed by atoms with E-state index in [-0.39, 0.29) is 0 Å². The summed E-state index contributed by atoms with van der Waals surface area (Å²) in [4.78, 5) is 10.5. The summed E-state index contributed by atoms with van der Waals surface area (Å²) < 4.78 is 1.10. The number of nitrogens with two attached hydrogens (primary N) is 1. The first-order chi connectivity index (χ1) is 10.2. The van der Waals surface area contributed by atoms with Crippen molar-refractivity contribution in [3.05, 3.63) is 52.0 Å². The number of rotatable bonds is 4. The number of hydrogen-bond donors (Lipinski definition) is 1. The quantitative estimate of drug-likeness (QED) is 0.843. The van der Waals surface area contributed by atoms with Gasteiger partial charge in [-0.2, -0.15) is 0 Å². The van der Waals surface area contributed by atoms with Crippen LogP contribution in [0.15, 0.2) is 39.8 Å². The standard InChI is InChI=1S/C16H18BrN3S/c17-13-2-4-14(5-3-13)21-10-16-19-9-12-7-11(8-18)1-6-15(12)20-16/h2-5,9,11H,1,6-8,10,18H2. The maximum Gasteiger partial charge on any atom is 0.138 e. The zero-order valence-electron chi connectivity index (χ0n) is 11.8. The van der Waals surface area contributed by atoms with Crippen molar-refractivity contribution in [2.45, 2.75) is 29.9 Å². The van der Waals surface area contributed by atoms with Crippen molar-refractivity contribution >= 4 is 27.7 Å². The van der Waals surface area contributed by atoms with Crippen LogP contribution in [0.1, 0.15) is 23.5 Å². The highest BCUT2D eigenvalue weighted by molar-refractivity contribution is 9.10. The van der Waals surface area contributed by atoms with Gasteiger partial charge in [0.05, 0.1) is 5.75 Å². The Labute approximate surface area is 137 Å². The second-order valence-electron chi connectivity index (χ2n) is 5.35. The molecular weight excluding hydrogens is 346 g/mol. The molecule has 0 aliphatic heterocycles. The van der Waals surface area contributed by atoms with Crippen molar-refractivity contribution in [2.75, 3.05) is 6.54 Å². The summed E-state index contributed by atoms with van der Waals surface area (Å²) in [7, 11) is 0. The van der Waals surface area contributed by atoms with Crippen molar-refractivity contribution in [3.63, 3.8) is 0 Å². The van der Waals surface area contributed by atoms with Gasteiger partial charge in [-0.25, -0.2) is 9.97 Å². The van der Waals surface area contributed by atoms with E-state index in [2.05, 4.69) is 45.2 Å². The molecule has 1 aliphatic carbocycles. The van der Waals surface area contributed by atoms with E-state index in [0.717, 1.165) is 41.9 Å². The van der Waals surface area contributed by atoms with Crippen LogP contribution >= 0.6 is 27.7 Å². The Kier molecular flexibility index (Phi) is 4.93. The first-order valence-corrected chi connectivity index (χ1v) is 8.94. The molecule has 1 aliphatic rings. The van der Waals surface area contributed by atoms with Gasteiger partial charge in [-0.3, -0.25) is 0 Å². The van der Waals surface area contributed by atoms with Gasteiger partial charge in [0.15, 0.2) is 0 Å². The van der Waals surface area contributed by atoms with Crippen LogP contribution in [0.25, 0.3) is 0 Å².